The number of aromatic amines is 1. The number of amides is 1. The van der Waals surface area contributed by atoms with Gasteiger partial charge in [0.25, 0.3) is 0 Å². The number of likely N-dealkylation sites (tertiary alicyclic amines) is 1. The van der Waals surface area contributed by atoms with E-state index in [0.717, 1.165) is 59.2 Å². The number of fused-ring (bicyclic) bond motifs is 1. The number of aryl methyl sites for hydroxylation is 1. The Morgan fingerprint density at radius 3 is 2.74 bits per heavy atom. The largest absolute Gasteiger partial charge is 0.465 e. The zero-order valence-electron chi connectivity index (χ0n) is 17.3. The molecule has 0 saturated carbocycles. The molecule has 1 saturated heterocycles. The van der Waals surface area contributed by atoms with Gasteiger partial charge in [-0.2, -0.15) is 0 Å². The zero-order valence-corrected chi connectivity index (χ0v) is 17.3. The van der Waals surface area contributed by atoms with Crippen LogP contribution in [0.2, 0.25) is 0 Å². The van der Waals surface area contributed by atoms with Gasteiger partial charge in [0.15, 0.2) is 11.5 Å². The van der Waals surface area contributed by atoms with E-state index in [4.69, 9.17) is 19.4 Å². The van der Waals surface area contributed by atoms with Crippen LogP contribution in [-0.2, 0) is 6.42 Å². The van der Waals surface area contributed by atoms with Gasteiger partial charge in [-0.15, -0.1) is 0 Å². The van der Waals surface area contributed by atoms with Crippen molar-refractivity contribution in [2.75, 3.05) is 19.9 Å². The molecule has 3 aromatic rings. The molecule has 0 radical (unpaired) electrons. The van der Waals surface area contributed by atoms with Gasteiger partial charge in [-0.05, 0) is 49.6 Å². The van der Waals surface area contributed by atoms with Crippen molar-refractivity contribution in [1.82, 2.24) is 19.9 Å². The van der Waals surface area contributed by atoms with Gasteiger partial charge in [-0.3, -0.25) is 4.98 Å². The maximum Gasteiger partial charge on any atom is 0.407 e. The summed E-state index contributed by atoms with van der Waals surface area (Å²) in [6.45, 7) is 3.33. The van der Waals surface area contributed by atoms with Crippen molar-refractivity contribution in [2.45, 2.75) is 32.1 Å². The van der Waals surface area contributed by atoms with E-state index in [1.54, 1.807) is 0 Å². The molecular weight excluding hydrogens is 396 g/mol. The molecule has 0 spiro atoms. The summed E-state index contributed by atoms with van der Waals surface area (Å²) < 4.78 is 11.0. The lowest BCUT2D eigenvalue weighted by atomic mass is 9.96. The van der Waals surface area contributed by atoms with Gasteiger partial charge in [0.2, 0.25) is 6.79 Å². The van der Waals surface area contributed by atoms with Crippen molar-refractivity contribution < 1.29 is 19.4 Å². The molecule has 160 valence electrons. The highest BCUT2D eigenvalue weighted by atomic mass is 16.7. The van der Waals surface area contributed by atoms with Crippen LogP contribution in [0.3, 0.4) is 0 Å². The third kappa shape index (κ3) is 3.69. The first-order chi connectivity index (χ1) is 15.1. The minimum atomic E-state index is -0.861. The van der Waals surface area contributed by atoms with Crippen LogP contribution in [0, 0.1) is 0 Å². The monoisotopic (exact) mass is 420 g/mol. The fourth-order valence-electron chi connectivity index (χ4n) is 4.18. The summed E-state index contributed by atoms with van der Waals surface area (Å²) in [6.07, 6.45) is 1.46. The average Bonchev–Trinajstić information content (AvgIpc) is 3.46. The summed E-state index contributed by atoms with van der Waals surface area (Å²) in [5.74, 6) is 2.48. The lowest BCUT2D eigenvalue weighted by Crippen LogP contribution is -2.37. The number of H-pyrrole nitrogens is 1. The second-order valence-corrected chi connectivity index (χ2v) is 7.83. The molecule has 0 atom stereocenters. The average molecular weight is 420 g/mol. The summed E-state index contributed by atoms with van der Waals surface area (Å²) in [7, 11) is 0. The molecule has 2 aliphatic rings. The van der Waals surface area contributed by atoms with Gasteiger partial charge in [0.05, 0.1) is 17.1 Å². The zero-order chi connectivity index (χ0) is 21.4. The van der Waals surface area contributed by atoms with E-state index in [2.05, 4.69) is 11.9 Å². The number of ether oxygens (including phenoxy) is 2. The number of hydrogen-bond donors (Lipinski definition) is 2. The predicted octanol–water partition coefficient (Wildman–Crippen LogP) is 4.29. The normalized spacial score (nSPS) is 16.0. The van der Waals surface area contributed by atoms with E-state index in [9.17, 15) is 9.90 Å². The quantitative estimate of drug-likeness (QED) is 0.653. The Morgan fingerprint density at radius 2 is 1.97 bits per heavy atom. The van der Waals surface area contributed by atoms with Crippen LogP contribution in [0.15, 0.2) is 36.4 Å². The van der Waals surface area contributed by atoms with Gasteiger partial charge >= 0.3 is 6.09 Å². The van der Waals surface area contributed by atoms with E-state index in [1.807, 2.05) is 36.4 Å². The fraction of sp³-hybridized carbons (Fsp3) is 0.348. The molecule has 0 aliphatic carbocycles. The lowest BCUT2D eigenvalue weighted by molar-refractivity contribution is 0.131. The highest BCUT2D eigenvalue weighted by molar-refractivity contribution is 5.78. The Hall–Kier alpha value is -3.55. The SMILES string of the molecule is CCc1cccc(-c2[nH]c(C3CCN(C(=O)O)CC3)nc2-c2ccc3c(c2)OCO3)n1. The molecule has 1 amide bonds. The maximum atomic E-state index is 11.3. The highest BCUT2D eigenvalue weighted by Gasteiger charge is 2.27. The molecule has 0 bridgehead atoms. The third-order valence-electron chi connectivity index (χ3n) is 5.95. The summed E-state index contributed by atoms with van der Waals surface area (Å²) in [5, 5.41) is 9.24. The van der Waals surface area contributed by atoms with E-state index in [0.29, 0.717) is 18.8 Å². The van der Waals surface area contributed by atoms with Crippen LogP contribution in [-0.4, -0.2) is 50.9 Å². The molecule has 1 fully saturated rings. The Kier molecular flexibility index (Phi) is 4.97. The minimum Gasteiger partial charge on any atom is -0.465 e. The van der Waals surface area contributed by atoms with Crippen LogP contribution < -0.4 is 9.47 Å². The Labute approximate surface area is 179 Å². The number of hydrogen-bond acceptors (Lipinski definition) is 5. The van der Waals surface area contributed by atoms with Crippen molar-refractivity contribution >= 4 is 6.09 Å². The number of benzene rings is 1. The number of carboxylic acid groups (broad SMARTS) is 1. The maximum absolute atomic E-state index is 11.3. The first-order valence-electron chi connectivity index (χ1n) is 10.6. The molecule has 2 N–H and O–H groups in total. The van der Waals surface area contributed by atoms with Crippen molar-refractivity contribution in [3.05, 3.63) is 47.9 Å². The molecule has 8 nitrogen and oxygen atoms in total. The highest BCUT2D eigenvalue weighted by Crippen LogP contribution is 2.39. The van der Waals surface area contributed by atoms with Crippen LogP contribution >= 0.6 is 0 Å². The van der Waals surface area contributed by atoms with Crippen LogP contribution in [0.5, 0.6) is 11.5 Å². The Balaban J connectivity index is 1.55. The van der Waals surface area contributed by atoms with E-state index >= 15 is 0 Å². The summed E-state index contributed by atoms with van der Waals surface area (Å²) in [4.78, 5) is 26.0. The Bertz CT molecular complexity index is 1120. The first-order valence-corrected chi connectivity index (χ1v) is 10.6. The molecule has 1 aromatic carbocycles. The van der Waals surface area contributed by atoms with Crippen LogP contribution in [0.25, 0.3) is 22.6 Å². The second-order valence-electron chi connectivity index (χ2n) is 7.83. The summed E-state index contributed by atoms with van der Waals surface area (Å²) >= 11 is 0. The van der Waals surface area contributed by atoms with E-state index < -0.39 is 6.09 Å². The van der Waals surface area contributed by atoms with Crippen molar-refractivity contribution in [3.8, 4) is 34.1 Å². The summed E-state index contributed by atoms with van der Waals surface area (Å²) in [5.41, 5.74) is 4.46. The van der Waals surface area contributed by atoms with E-state index in [-0.39, 0.29) is 12.7 Å². The van der Waals surface area contributed by atoms with Crippen LogP contribution in [0.4, 0.5) is 4.79 Å². The Morgan fingerprint density at radius 1 is 1.16 bits per heavy atom. The van der Waals surface area contributed by atoms with Crippen molar-refractivity contribution in [3.63, 3.8) is 0 Å². The van der Waals surface area contributed by atoms with Crippen molar-refractivity contribution in [1.29, 1.82) is 0 Å². The standard InChI is InChI=1S/C23H24N4O4/c1-2-16-4-3-5-17(24-16)21-20(15-6-7-18-19(12-15)31-13-30-18)25-22(26-21)14-8-10-27(11-9-14)23(28)29/h3-7,12,14H,2,8-11,13H2,1H3,(H,25,26)(H,28,29). The van der Waals surface area contributed by atoms with Gasteiger partial charge in [0, 0.05) is 30.3 Å². The van der Waals surface area contributed by atoms with Crippen molar-refractivity contribution in [2.24, 2.45) is 0 Å². The number of piperidine rings is 1. The third-order valence-corrected chi connectivity index (χ3v) is 5.95. The number of imidazole rings is 1. The number of aromatic nitrogens is 3. The first kappa shape index (κ1) is 19.4. The molecule has 0 unspecified atom stereocenters. The minimum absolute atomic E-state index is 0.173. The van der Waals surface area contributed by atoms with E-state index in [1.165, 1.54) is 4.90 Å². The predicted molar refractivity (Wildman–Crippen MR) is 114 cm³/mol. The van der Waals surface area contributed by atoms with Gasteiger partial charge < -0.3 is 24.5 Å². The number of carbonyl (C=O) groups is 1. The molecule has 5 rings (SSSR count). The fourth-order valence-corrected chi connectivity index (χ4v) is 4.18. The van der Waals surface area contributed by atoms with Gasteiger partial charge in [-0.25, -0.2) is 9.78 Å². The number of nitrogens with zero attached hydrogens (tertiary/aromatic N) is 3. The second kappa shape index (κ2) is 7.94. The van der Waals surface area contributed by atoms with Gasteiger partial charge in [-0.1, -0.05) is 13.0 Å². The molecular formula is C23H24N4O4. The number of rotatable bonds is 4. The molecule has 31 heavy (non-hydrogen) atoms. The molecule has 4 heterocycles. The molecule has 2 aromatic heterocycles. The molecule has 2 aliphatic heterocycles. The number of nitrogens with one attached hydrogen (secondary N) is 1. The molecule has 8 heteroatoms. The van der Waals surface area contributed by atoms with Crippen LogP contribution in [0.1, 0.15) is 37.2 Å². The number of pyridine rings is 1. The van der Waals surface area contributed by atoms with Gasteiger partial charge in [0.1, 0.15) is 5.82 Å². The topological polar surface area (TPSA) is 101 Å². The smallest absolute Gasteiger partial charge is 0.407 e. The lowest BCUT2D eigenvalue weighted by Gasteiger charge is -2.28. The summed E-state index contributed by atoms with van der Waals surface area (Å²) in [6, 6.07) is 11.8.